The van der Waals surface area contributed by atoms with E-state index in [1.54, 1.807) is 0 Å². The van der Waals surface area contributed by atoms with Crippen molar-refractivity contribution in [2.45, 2.75) is 6.36 Å². The van der Waals surface area contributed by atoms with Crippen molar-refractivity contribution < 1.29 is 17.9 Å². The second-order valence-electron chi connectivity index (χ2n) is 2.22. The van der Waals surface area contributed by atoms with E-state index >= 15 is 0 Å². The molecule has 0 N–H and O–H groups in total. The lowest BCUT2D eigenvalue weighted by Crippen LogP contribution is -2.17. The number of benzene rings is 1. The number of halogens is 6. The molecule has 0 aliphatic heterocycles. The molecule has 0 fully saturated rings. The van der Waals surface area contributed by atoms with Gasteiger partial charge in [-0.05, 0) is 12.1 Å². The molecule has 0 bridgehead atoms. The van der Waals surface area contributed by atoms with Gasteiger partial charge in [-0.1, -0.05) is 34.8 Å². The largest absolute Gasteiger partial charge is 0.573 e. The Labute approximate surface area is 92.3 Å². The molecule has 1 aromatic rings. The lowest BCUT2D eigenvalue weighted by Gasteiger charge is -2.11. The van der Waals surface area contributed by atoms with Crippen molar-refractivity contribution in [3.63, 3.8) is 0 Å². The van der Waals surface area contributed by atoms with Crippen LogP contribution < -0.4 is 4.74 Å². The van der Waals surface area contributed by atoms with Crippen LogP contribution in [-0.2, 0) is 0 Å². The molecule has 0 atom stereocenters. The van der Waals surface area contributed by atoms with Gasteiger partial charge >= 0.3 is 6.36 Å². The first-order valence-electron chi connectivity index (χ1n) is 3.20. The average molecular weight is 265 g/mol. The van der Waals surface area contributed by atoms with E-state index in [0.717, 1.165) is 12.1 Å². The fraction of sp³-hybridized carbons (Fsp3) is 0.143. The van der Waals surface area contributed by atoms with Crippen LogP contribution in [0.15, 0.2) is 12.1 Å². The molecule has 0 saturated carbocycles. The van der Waals surface area contributed by atoms with E-state index < -0.39 is 12.1 Å². The molecule has 0 unspecified atom stereocenters. The van der Waals surface area contributed by atoms with E-state index in [4.69, 9.17) is 34.8 Å². The lowest BCUT2D eigenvalue weighted by molar-refractivity contribution is -0.274. The highest BCUT2D eigenvalue weighted by atomic mass is 35.5. The SMILES string of the molecule is FC(F)(F)Oc1ccc(Cl)c(Cl)c1Cl. The Kier molecular flexibility index (Phi) is 3.40. The summed E-state index contributed by atoms with van der Waals surface area (Å²) in [5.41, 5.74) is 0. The summed E-state index contributed by atoms with van der Waals surface area (Å²) in [6, 6.07) is 2.15. The molecule has 0 aromatic heterocycles. The van der Waals surface area contributed by atoms with Crippen molar-refractivity contribution in [1.82, 2.24) is 0 Å². The topological polar surface area (TPSA) is 9.23 Å². The van der Waals surface area contributed by atoms with Gasteiger partial charge in [-0.3, -0.25) is 0 Å². The van der Waals surface area contributed by atoms with Crippen LogP contribution in [0.1, 0.15) is 0 Å². The molecular weight excluding hydrogens is 263 g/mol. The Morgan fingerprint density at radius 1 is 1.00 bits per heavy atom. The molecule has 78 valence electrons. The summed E-state index contributed by atoms with van der Waals surface area (Å²) in [6.45, 7) is 0. The Balaban J connectivity index is 3.06. The van der Waals surface area contributed by atoms with Crippen LogP contribution in [0.25, 0.3) is 0 Å². The highest BCUT2D eigenvalue weighted by Crippen LogP contribution is 2.39. The second kappa shape index (κ2) is 4.04. The number of rotatable bonds is 1. The standard InChI is InChI=1S/C7H2Cl3F3O/c8-3-1-2-4(6(10)5(3)9)14-7(11,12)13/h1-2H. The highest BCUT2D eigenvalue weighted by molar-refractivity contribution is 6.48. The zero-order chi connectivity index (χ0) is 10.9. The zero-order valence-corrected chi connectivity index (χ0v) is 8.60. The first-order chi connectivity index (χ1) is 6.31. The summed E-state index contributed by atoms with van der Waals surface area (Å²) in [5, 5.41) is -0.474. The summed E-state index contributed by atoms with van der Waals surface area (Å²) in [7, 11) is 0. The van der Waals surface area contributed by atoms with Gasteiger partial charge in [-0.25, -0.2) is 0 Å². The van der Waals surface area contributed by atoms with E-state index in [9.17, 15) is 13.2 Å². The van der Waals surface area contributed by atoms with Crippen LogP contribution >= 0.6 is 34.8 Å². The van der Waals surface area contributed by atoms with Crippen LogP contribution in [0.3, 0.4) is 0 Å². The average Bonchev–Trinajstić information content (AvgIpc) is 2.04. The number of hydrogen-bond donors (Lipinski definition) is 0. The maximum absolute atomic E-state index is 11.8. The van der Waals surface area contributed by atoms with Crippen LogP contribution in [0.2, 0.25) is 15.1 Å². The third-order valence-corrected chi connectivity index (χ3v) is 2.50. The predicted octanol–water partition coefficient (Wildman–Crippen LogP) is 4.55. The summed E-state index contributed by atoms with van der Waals surface area (Å²) >= 11 is 16.5. The third kappa shape index (κ3) is 2.83. The lowest BCUT2D eigenvalue weighted by atomic mass is 10.3. The Morgan fingerprint density at radius 2 is 1.57 bits per heavy atom. The minimum absolute atomic E-state index is 0.0613. The Hall–Kier alpha value is -0.320. The summed E-state index contributed by atoms with van der Waals surface area (Å²) in [4.78, 5) is 0. The quantitative estimate of drug-likeness (QED) is 0.677. The molecule has 0 radical (unpaired) electrons. The summed E-state index contributed by atoms with van der Waals surface area (Å²) in [5.74, 6) is -0.575. The third-order valence-electron chi connectivity index (χ3n) is 1.23. The summed E-state index contributed by atoms with van der Waals surface area (Å²) in [6.07, 6.45) is -4.80. The highest BCUT2D eigenvalue weighted by Gasteiger charge is 2.32. The second-order valence-corrected chi connectivity index (χ2v) is 3.38. The molecule has 0 heterocycles. The maximum atomic E-state index is 11.8. The maximum Gasteiger partial charge on any atom is 0.573 e. The summed E-state index contributed by atoms with van der Waals surface area (Å²) < 4.78 is 39.0. The molecule has 0 aliphatic carbocycles. The smallest absolute Gasteiger partial charge is 0.404 e. The molecule has 14 heavy (non-hydrogen) atoms. The fourth-order valence-electron chi connectivity index (χ4n) is 0.712. The number of alkyl halides is 3. The van der Waals surface area contributed by atoms with Crippen molar-refractivity contribution >= 4 is 34.8 Å². The minimum Gasteiger partial charge on any atom is -0.404 e. The van der Waals surface area contributed by atoms with Crippen LogP contribution in [0, 0.1) is 0 Å². The first-order valence-corrected chi connectivity index (χ1v) is 4.34. The zero-order valence-electron chi connectivity index (χ0n) is 6.33. The predicted molar refractivity (Wildman–Crippen MR) is 48.2 cm³/mol. The van der Waals surface area contributed by atoms with Crippen molar-refractivity contribution in [3.05, 3.63) is 27.2 Å². The minimum atomic E-state index is -4.80. The fourth-order valence-corrected chi connectivity index (χ4v) is 1.28. The van der Waals surface area contributed by atoms with Gasteiger partial charge in [0.25, 0.3) is 0 Å². The van der Waals surface area contributed by atoms with Crippen molar-refractivity contribution in [3.8, 4) is 5.75 Å². The molecule has 0 spiro atoms. The van der Waals surface area contributed by atoms with Gasteiger partial charge in [-0.2, -0.15) is 0 Å². The van der Waals surface area contributed by atoms with Gasteiger partial charge in [0.05, 0.1) is 10.0 Å². The van der Waals surface area contributed by atoms with Gasteiger partial charge in [0.1, 0.15) is 10.8 Å². The molecule has 0 amide bonds. The molecule has 7 heteroatoms. The van der Waals surface area contributed by atoms with E-state index in [0.29, 0.717) is 0 Å². The molecular formula is C7H2Cl3F3O. The molecule has 1 rings (SSSR count). The van der Waals surface area contributed by atoms with E-state index in [1.165, 1.54) is 0 Å². The van der Waals surface area contributed by atoms with Crippen LogP contribution in [0.5, 0.6) is 5.75 Å². The van der Waals surface area contributed by atoms with E-state index in [-0.39, 0.29) is 15.1 Å². The molecule has 0 aliphatic rings. The van der Waals surface area contributed by atoms with Crippen LogP contribution in [-0.4, -0.2) is 6.36 Å². The van der Waals surface area contributed by atoms with Gasteiger partial charge in [0.15, 0.2) is 0 Å². The Morgan fingerprint density at radius 3 is 2.07 bits per heavy atom. The van der Waals surface area contributed by atoms with E-state index in [1.807, 2.05) is 0 Å². The van der Waals surface area contributed by atoms with Gasteiger partial charge in [0.2, 0.25) is 0 Å². The number of ether oxygens (including phenoxy) is 1. The molecule has 1 nitrogen and oxygen atoms in total. The number of hydrogen-bond acceptors (Lipinski definition) is 1. The Bertz CT molecular complexity index is 351. The normalized spacial score (nSPS) is 11.6. The van der Waals surface area contributed by atoms with Crippen LogP contribution in [0.4, 0.5) is 13.2 Å². The van der Waals surface area contributed by atoms with E-state index in [2.05, 4.69) is 4.74 Å². The first kappa shape index (κ1) is 11.8. The van der Waals surface area contributed by atoms with Crippen molar-refractivity contribution in [2.75, 3.05) is 0 Å². The van der Waals surface area contributed by atoms with Gasteiger partial charge < -0.3 is 4.74 Å². The van der Waals surface area contributed by atoms with Crippen molar-refractivity contribution in [2.24, 2.45) is 0 Å². The van der Waals surface area contributed by atoms with Gasteiger partial charge in [-0.15, -0.1) is 13.2 Å². The monoisotopic (exact) mass is 264 g/mol. The van der Waals surface area contributed by atoms with Gasteiger partial charge in [0, 0.05) is 0 Å². The molecule has 0 saturated heterocycles. The molecule has 1 aromatic carbocycles. The van der Waals surface area contributed by atoms with Crippen molar-refractivity contribution in [1.29, 1.82) is 0 Å².